The van der Waals surface area contributed by atoms with Crippen LogP contribution >= 0.6 is 11.3 Å². The van der Waals surface area contributed by atoms with E-state index in [0.29, 0.717) is 11.3 Å². The lowest BCUT2D eigenvalue weighted by Crippen LogP contribution is -2.22. The number of rotatable bonds is 3. The van der Waals surface area contributed by atoms with Crippen molar-refractivity contribution in [2.45, 2.75) is 22.7 Å². The summed E-state index contributed by atoms with van der Waals surface area (Å²) in [6, 6.07) is 5.03. The van der Waals surface area contributed by atoms with Gasteiger partial charge >= 0.3 is 0 Å². The molecule has 0 fully saturated rings. The van der Waals surface area contributed by atoms with Crippen LogP contribution in [0.4, 0.5) is 13.2 Å². The fourth-order valence-corrected chi connectivity index (χ4v) is 4.84. The summed E-state index contributed by atoms with van der Waals surface area (Å²) in [4.78, 5) is 0. The van der Waals surface area contributed by atoms with Crippen LogP contribution in [-0.4, -0.2) is 25.7 Å². The minimum absolute atomic E-state index is 0.0545. The second-order valence-electron chi connectivity index (χ2n) is 5.24. The number of thiophene rings is 1. The van der Waals surface area contributed by atoms with Crippen molar-refractivity contribution >= 4 is 21.2 Å². The first kappa shape index (κ1) is 16.3. The van der Waals surface area contributed by atoms with Gasteiger partial charge in [-0.15, -0.1) is 0 Å². The summed E-state index contributed by atoms with van der Waals surface area (Å²) in [5.41, 5.74) is -0.383. The van der Waals surface area contributed by atoms with E-state index in [1.54, 1.807) is 0 Å². The van der Waals surface area contributed by atoms with Gasteiger partial charge in [0.15, 0.2) is 14.9 Å². The summed E-state index contributed by atoms with van der Waals surface area (Å²) in [5.74, 6) is -4.00. The fraction of sp³-hybridized carbons (Fsp3) is 0.286. The van der Waals surface area contributed by atoms with Crippen molar-refractivity contribution in [3.05, 3.63) is 41.2 Å². The van der Waals surface area contributed by atoms with E-state index in [1.807, 2.05) is 0 Å². The Morgan fingerprint density at radius 2 is 2.09 bits per heavy atom. The summed E-state index contributed by atoms with van der Waals surface area (Å²) >= 11 is 0.648. The molecule has 0 saturated carbocycles. The highest BCUT2D eigenvalue weighted by Gasteiger charge is 2.52. The molecule has 1 aliphatic rings. The first-order chi connectivity index (χ1) is 10.6. The van der Waals surface area contributed by atoms with Gasteiger partial charge in [0.1, 0.15) is 21.9 Å². The minimum atomic E-state index is -3.82. The van der Waals surface area contributed by atoms with E-state index in [-0.39, 0.29) is 26.1 Å². The number of aliphatic hydroxyl groups excluding tert-OH is 1. The van der Waals surface area contributed by atoms with Gasteiger partial charge in [0.05, 0.1) is 0 Å². The number of alkyl halides is 2. The third kappa shape index (κ3) is 2.84. The van der Waals surface area contributed by atoms with Crippen molar-refractivity contribution < 1.29 is 31.4 Å². The van der Waals surface area contributed by atoms with Gasteiger partial charge < -0.3 is 9.84 Å². The van der Waals surface area contributed by atoms with Gasteiger partial charge in [0, 0.05) is 29.9 Å². The van der Waals surface area contributed by atoms with Crippen LogP contribution in [-0.2, 0) is 16.3 Å². The van der Waals surface area contributed by atoms with Gasteiger partial charge in [-0.1, -0.05) is 17.4 Å². The molecular formula is C14H11F3O4S2. The van der Waals surface area contributed by atoms with E-state index in [0.717, 1.165) is 12.3 Å². The van der Waals surface area contributed by atoms with E-state index in [9.17, 15) is 26.7 Å². The monoisotopic (exact) mass is 364 g/mol. The lowest BCUT2D eigenvalue weighted by atomic mass is 10.2. The van der Waals surface area contributed by atoms with E-state index >= 15 is 0 Å². The Kier molecular flexibility index (Phi) is 3.69. The van der Waals surface area contributed by atoms with Gasteiger partial charge in [-0.3, -0.25) is 0 Å². The topological polar surface area (TPSA) is 63.6 Å². The van der Waals surface area contributed by atoms with Crippen LogP contribution in [0.15, 0.2) is 28.5 Å². The molecule has 2 aromatic rings. The predicted octanol–water partition coefficient (Wildman–Crippen LogP) is 3.31. The van der Waals surface area contributed by atoms with Gasteiger partial charge in [0.2, 0.25) is 0 Å². The molecule has 0 spiro atoms. The molecule has 0 radical (unpaired) electrons. The summed E-state index contributed by atoms with van der Waals surface area (Å²) < 4.78 is 69.4. The van der Waals surface area contributed by atoms with E-state index in [2.05, 4.69) is 0 Å². The van der Waals surface area contributed by atoms with Crippen LogP contribution in [0.1, 0.15) is 17.2 Å². The molecule has 3 rings (SSSR count). The molecule has 0 aliphatic heterocycles. The molecule has 0 amide bonds. The molecular weight excluding hydrogens is 353 g/mol. The maximum absolute atomic E-state index is 13.8. The normalized spacial score (nSPS) is 19.6. The largest absolute Gasteiger partial charge is 0.446 e. The smallest absolute Gasteiger partial charge is 0.281 e. The van der Waals surface area contributed by atoms with Crippen molar-refractivity contribution in [1.82, 2.24) is 0 Å². The van der Waals surface area contributed by atoms with Crippen LogP contribution in [0.2, 0.25) is 0 Å². The maximum atomic E-state index is 13.8. The predicted molar refractivity (Wildman–Crippen MR) is 77.5 cm³/mol. The number of halogens is 3. The van der Waals surface area contributed by atoms with Crippen LogP contribution < -0.4 is 4.74 Å². The van der Waals surface area contributed by atoms with Crippen molar-refractivity contribution in [2.24, 2.45) is 0 Å². The fourth-order valence-electron chi connectivity index (χ4n) is 2.42. The number of ether oxygens (including phenoxy) is 1. The van der Waals surface area contributed by atoms with Crippen molar-refractivity contribution in [3.8, 4) is 10.8 Å². The third-order valence-electron chi connectivity index (χ3n) is 3.41. The number of hydrogen-bond acceptors (Lipinski definition) is 5. The second kappa shape index (κ2) is 5.22. The van der Waals surface area contributed by atoms with Gasteiger partial charge in [-0.2, -0.15) is 0 Å². The lowest BCUT2D eigenvalue weighted by molar-refractivity contribution is -0.0976. The Hall–Kier alpha value is -1.58. The maximum Gasteiger partial charge on any atom is 0.281 e. The Bertz CT molecular complexity index is 874. The zero-order valence-corrected chi connectivity index (χ0v) is 13.3. The average Bonchev–Trinajstić information content (AvgIpc) is 2.86. The molecule has 0 saturated heterocycles. The molecule has 1 aromatic heterocycles. The molecule has 0 bridgehead atoms. The SMILES string of the molecule is CS(=O)(=O)c1sc(Oc2cccc(F)c2)c2c1[C@H](O)C(F)(F)C2. The molecule has 1 aromatic carbocycles. The first-order valence-electron chi connectivity index (χ1n) is 6.44. The molecule has 1 N–H and O–H groups in total. The summed E-state index contributed by atoms with van der Waals surface area (Å²) in [7, 11) is -3.82. The third-order valence-corrected chi connectivity index (χ3v) is 6.38. The van der Waals surface area contributed by atoms with E-state index in [4.69, 9.17) is 4.74 Å². The molecule has 9 heteroatoms. The lowest BCUT2D eigenvalue weighted by Gasteiger charge is -2.14. The zero-order chi connectivity index (χ0) is 17.0. The van der Waals surface area contributed by atoms with Crippen LogP contribution in [0.25, 0.3) is 0 Å². The van der Waals surface area contributed by atoms with E-state index < -0.39 is 34.1 Å². The Morgan fingerprint density at radius 1 is 1.39 bits per heavy atom. The quantitative estimate of drug-likeness (QED) is 0.908. The Balaban J connectivity index is 2.12. The average molecular weight is 364 g/mol. The summed E-state index contributed by atoms with van der Waals surface area (Å²) in [6.07, 6.45) is -2.17. The van der Waals surface area contributed by atoms with E-state index in [1.165, 1.54) is 18.2 Å². The standard InChI is InChI=1S/C14H11F3O4S2/c1-23(19,20)13-10-9(6-14(16,17)11(10)18)12(22-13)21-8-4-2-3-7(15)5-8/h2-5,11,18H,6H2,1H3/t11-/m0/s1. The van der Waals surface area contributed by atoms with Crippen LogP contribution in [0.3, 0.4) is 0 Å². The molecule has 23 heavy (non-hydrogen) atoms. The van der Waals surface area contributed by atoms with Crippen LogP contribution in [0.5, 0.6) is 10.8 Å². The van der Waals surface area contributed by atoms with Gasteiger partial charge in [0.25, 0.3) is 5.92 Å². The molecule has 1 atom stereocenters. The van der Waals surface area contributed by atoms with Crippen molar-refractivity contribution in [3.63, 3.8) is 0 Å². The van der Waals surface area contributed by atoms with Crippen LogP contribution in [0, 0.1) is 5.82 Å². The molecule has 0 unspecified atom stereocenters. The number of aliphatic hydroxyl groups is 1. The number of sulfone groups is 1. The molecule has 1 aliphatic carbocycles. The van der Waals surface area contributed by atoms with Gasteiger partial charge in [-0.25, -0.2) is 21.6 Å². The van der Waals surface area contributed by atoms with Crippen molar-refractivity contribution in [1.29, 1.82) is 0 Å². The number of fused-ring (bicyclic) bond motifs is 1. The minimum Gasteiger partial charge on any atom is -0.446 e. The Morgan fingerprint density at radius 3 is 2.70 bits per heavy atom. The highest BCUT2D eigenvalue weighted by Crippen LogP contribution is 2.54. The van der Waals surface area contributed by atoms with Gasteiger partial charge in [-0.05, 0) is 12.1 Å². The number of hydrogen-bond donors (Lipinski definition) is 1. The molecule has 124 valence electrons. The zero-order valence-electron chi connectivity index (χ0n) is 11.7. The number of benzene rings is 1. The van der Waals surface area contributed by atoms with Crippen molar-refractivity contribution in [2.75, 3.05) is 6.26 Å². The molecule has 1 heterocycles. The second-order valence-corrected chi connectivity index (χ2v) is 8.44. The highest BCUT2D eigenvalue weighted by atomic mass is 32.2. The summed E-state index contributed by atoms with van der Waals surface area (Å²) in [6.45, 7) is 0. The highest BCUT2D eigenvalue weighted by molar-refractivity contribution is 7.92. The summed E-state index contributed by atoms with van der Waals surface area (Å²) in [5, 5.41) is 9.67. The first-order valence-corrected chi connectivity index (χ1v) is 9.15. The Labute approximate surface area is 134 Å². The molecule has 4 nitrogen and oxygen atoms in total.